The molecule has 1 saturated carbocycles. The lowest BCUT2D eigenvalue weighted by atomic mass is 10.2. The van der Waals surface area contributed by atoms with Crippen LogP contribution in [0.4, 0.5) is 5.82 Å². The molecule has 0 radical (unpaired) electrons. The zero-order valence-corrected chi connectivity index (χ0v) is 11.6. The number of imidazole rings is 1. The molecular weight excluding hydrogens is 250 g/mol. The molecule has 4 heteroatoms. The van der Waals surface area contributed by atoms with E-state index < -0.39 is 0 Å². The van der Waals surface area contributed by atoms with Crippen molar-refractivity contribution < 1.29 is 4.42 Å². The van der Waals surface area contributed by atoms with Gasteiger partial charge in [-0.15, -0.1) is 0 Å². The Morgan fingerprint density at radius 1 is 1.30 bits per heavy atom. The number of aryl methyl sites for hydroxylation is 1. The molecule has 3 aromatic heterocycles. The van der Waals surface area contributed by atoms with E-state index in [2.05, 4.69) is 18.0 Å². The molecular formula is C16H17N3O. The van der Waals surface area contributed by atoms with Crippen molar-refractivity contribution in [2.75, 3.05) is 5.73 Å². The van der Waals surface area contributed by atoms with Crippen LogP contribution in [0.25, 0.3) is 17.1 Å². The third kappa shape index (κ3) is 1.64. The van der Waals surface area contributed by atoms with Crippen LogP contribution in [-0.2, 0) is 0 Å². The highest BCUT2D eigenvalue weighted by molar-refractivity contribution is 5.71. The van der Waals surface area contributed by atoms with Gasteiger partial charge in [0, 0.05) is 12.1 Å². The average molecular weight is 267 g/mol. The molecule has 0 aliphatic heterocycles. The molecule has 0 aromatic carbocycles. The quantitative estimate of drug-likeness (QED) is 0.771. The summed E-state index contributed by atoms with van der Waals surface area (Å²) in [4.78, 5) is 4.58. The zero-order chi connectivity index (χ0) is 13.9. The molecule has 20 heavy (non-hydrogen) atoms. The topological polar surface area (TPSA) is 56.5 Å². The number of hydrogen-bond acceptors (Lipinski definition) is 3. The maximum Gasteiger partial charge on any atom is 0.156 e. The molecule has 2 atom stereocenters. The third-order valence-electron chi connectivity index (χ3n) is 4.14. The van der Waals surface area contributed by atoms with Crippen LogP contribution in [0.2, 0.25) is 0 Å². The molecule has 4 nitrogen and oxygen atoms in total. The van der Waals surface area contributed by atoms with Crippen molar-refractivity contribution in [2.24, 2.45) is 5.92 Å². The number of nitrogen functional groups attached to an aromatic ring is 1. The third-order valence-corrected chi connectivity index (χ3v) is 4.14. The number of anilines is 1. The number of rotatable bonds is 2. The normalized spacial score (nSPS) is 21.5. The second kappa shape index (κ2) is 3.88. The van der Waals surface area contributed by atoms with Crippen molar-refractivity contribution in [3.05, 3.63) is 41.8 Å². The molecule has 0 amide bonds. The summed E-state index contributed by atoms with van der Waals surface area (Å²) in [6.45, 7) is 4.28. The Hall–Kier alpha value is -2.23. The first-order valence-corrected chi connectivity index (χ1v) is 6.98. The highest BCUT2D eigenvalue weighted by Gasteiger charge is 2.36. The Labute approximate surface area is 117 Å². The van der Waals surface area contributed by atoms with Gasteiger partial charge in [-0.05, 0) is 43.0 Å². The van der Waals surface area contributed by atoms with Gasteiger partial charge in [0.15, 0.2) is 5.76 Å². The standard InChI is InChI=1S/C16H17N3O/c1-9-3-6-14-18-15(16(17)19(14)8-9)13-5-4-12(20-13)11-7-10(11)2/h3-6,8,10-11H,7,17H2,1-2H3. The van der Waals surface area contributed by atoms with Crippen molar-refractivity contribution in [1.82, 2.24) is 9.38 Å². The minimum absolute atomic E-state index is 0.573. The lowest BCUT2D eigenvalue weighted by Crippen LogP contribution is -1.94. The minimum Gasteiger partial charge on any atom is -0.459 e. The summed E-state index contributed by atoms with van der Waals surface area (Å²) in [5.41, 5.74) is 8.94. The lowest BCUT2D eigenvalue weighted by Gasteiger charge is -1.98. The monoisotopic (exact) mass is 267 g/mol. The molecule has 0 saturated heterocycles. The van der Waals surface area contributed by atoms with Crippen LogP contribution in [0, 0.1) is 12.8 Å². The SMILES string of the molecule is Cc1ccc2nc(-c3ccc(C4CC4C)o3)c(N)n2c1. The van der Waals surface area contributed by atoms with Crippen LogP contribution < -0.4 is 5.73 Å². The molecule has 2 N–H and O–H groups in total. The van der Waals surface area contributed by atoms with Crippen LogP contribution in [0.3, 0.4) is 0 Å². The Morgan fingerprint density at radius 3 is 2.85 bits per heavy atom. The van der Waals surface area contributed by atoms with E-state index in [0.717, 1.165) is 34.3 Å². The van der Waals surface area contributed by atoms with E-state index in [1.165, 1.54) is 6.42 Å². The molecule has 102 valence electrons. The molecule has 3 heterocycles. The number of nitrogens with zero attached hydrogens (tertiary/aromatic N) is 2. The van der Waals surface area contributed by atoms with E-state index in [-0.39, 0.29) is 0 Å². The maximum atomic E-state index is 6.21. The van der Waals surface area contributed by atoms with Crippen LogP contribution in [0.15, 0.2) is 34.9 Å². The largest absolute Gasteiger partial charge is 0.459 e. The van der Waals surface area contributed by atoms with Gasteiger partial charge in [0.2, 0.25) is 0 Å². The highest BCUT2D eigenvalue weighted by Crippen LogP contribution is 2.48. The van der Waals surface area contributed by atoms with Gasteiger partial charge in [-0.2, -0.15) is 0 Å². The summed E-state index contributed by atoms with van der Waals surface area (Å²) < 4.78 is 7.86. The van der Waals surface area contributed by atoms with Crippen molar-refractivity contribution >= 4 is 11.5 Å². The summed E-state index contributed by atoms with van der Waals surface area (Å²) in [7, 11) is 0. The van der Waals surface area contributed by atoms with Gasteiger partial charge in [-0.1, -0.05) is 13.0 Å². The van der Waals surface area contributed by atoms with Gasteiger partial charge in [-0.3, -0.25) is 4.40 Å². The van der Waals surface area contributed by atoms with E-state index >= 15 is 0 Å². The van der Waals surface area contributed by atoms with E-state index in [0.29, 0.717) is 11.7 Å². The van der Waals surface area contributed by atoms with E-state index in [1.807, 2.05) is 35.7 Å². The van der Waals surface area contributed by atoms with E-state index in [9.17, 15) is 0 Å². The van der Waals surface area contributed by atoms with Crippen LogP contribution >= 0.6 is 0 Å². The maximum absolute atomic E-state index is 6.21. The smallest absolute Gasteiger partial charge is 0.156 e. The summed E-state index contributed by atoms with van der Waals surface area (Å²) in [6.07, 6.45) is 3.21. The van der Waals surface area contributed by atoms with Gasteiger partial charge in [0.1, 0.15) is 22.9 Å². The Kier molecular flexibility index (Phi) is 2.25. The van der Waals surface area contributed by atoms with Crippen molar-refractivity contribution in [3.8, 4) is 11.5 Å². The van der Waals surface area contributed by atoms with E-state index in [1.54, 1.807) is 0 Å². The minimum atomic E-state index is 0.573. The first-order valence-electron chi connectivity index (χ1n) is 6.98. The molecule has 1 aliphatic carbocycles. The fraction of sp³-hybridized carbons (Fsp3) is 0.312. The van der Waals surface area contributed by atoms with Gasteiger partial charge >= 0.3 is 0 Å². The highest BCUT2D eigenvalue weighted by atomic mass is 16.3. The van der Waals surface area contributed by atoms with Crippen LogP contribution in [0.5, 0.6) is 0 Å². The fourth-order valence-electron chi connectivity index (χ4n) is 2.75. The van der Waals surface area contributed by atoms with Crippen LogP contribution in [-0.4, -0.2) is 9.38 Å². The second-order valence-corrected chi connectivity index (χ2v) is 5.80. The summed E-state index contributed by atoms with van der Waals surface area (Å²) in [5.74, 6) is 3.76. The summed E-state index contributed by atoms with van der Waals surface area (Å²) in [6, 6.07) is 8.04. The van der Waals surface area contributed by atoms with Crippen molar-refractivity contribution in [1.29, 1.82) is 0 Å². The second-order valence-electron chi connectivity index (χ2n) is 5.80. The Morgan fingerprint density at radius 2 is 2.10 bits per heavy atom. The molecule has 0 bridgehead atoms. The van der Waals surface area contributed by atoms with Gasteiger partial charge < -0.3 is 10.2 Å². The summed E-state index contributed by atoms with van der Waals surface area (Å²) in [5, 5.41) is 0. The predicted octanol–water partition coefficient (Wildman–Crippen LogP) is 3.61. The predicted molar refractivity (Wildman–Crippen MR) is 78.6 cm³/mol. The Bertz CT molecular complexity index is 799. The lowest BCUT2D eigenvalue weighted by molar-refractivity contribution is 0.517. The first-order chi connectivity index (χ1) is 9.63. The van der Waals surface area contributed by atoms with Crippen LogP contribution in [0.1, 0.15) is 30.6 Å². The number of pyridine rings is 1. The molecule has 1 aliphatic rings. The number of furan rings is 1. The first kappa shape index (κ1) is 11.6. The molecule has 3 aromatic rings. The molecule has 1 fully saturated rings. The number of nitrogens with two attached hydrogens (primary N) is 1. The van der Waals surface area contributed by atoms with Crippen molar-refractivity contribution in [3.63, 3.8) is 0 Å². The molecule has 4 rings (SSSR count). The molecule has 2 unspecified atom stereocenters. The van der Waals surface area contributed by atoms with Gasteiger partial charge in [0.25, 0.3) is 0 Å². The van der Waals surface area contributed by atoms with Gasteiger partial charge in [-0.25, -0.2) is 4.98 Å². The van der Waals surface area contributed by atoms with Crippen molar-refractivity contribution in [2.45, 2.75) is 26.2 Å². The summed E-state index contributed by atoms with van der Waals surface area (Å²) >= 11 is 0. The van der Waals surface area contributed by atoms with Gasteiger partial charge in [0.05, 0.1) is 0 Å². The number of hydrogen-bond donors (Lipinski definition) is 1. The number of fused-ring (bicyclic) bond motifs is 1. The van der Waals surface area contributed by atoms with E-state index in [4.69, 9.17) is 10.2 Å². The molecule has 0 spiro atoms. The Balaban J connectivity index is 1.81. The fourth-order valence-corrected chi connectivity index (χ4v) is 2.75. The number of aromatic nitrogens is 2. The average Bonchev–Trinajstić information content (AvgIpc) is 2.87. The zero-order valence-electron chi connectivity index (χ0n) is 11.6.